The van der Waals surface area contributed by atoms with E-state index < -0.39 is 24.6 Å². The van der Waals surface area contributed by atoms with E-state index in [1.54, 1.807) is 20.1 Å². The zero-order chi connectivity index (χ0) is 14.3. The summed E-state index contributed by atoms with van der Waals surface area (Å²) >= 11 is 0. The van der Waals surface area contributed by atoms with Crippen molar-refractivity contribution in [2.45, 2.75) is 50.6 Å². The van der Waals surface area contributed by atoms with Gasteiger partial charge in [-0.25, -0.2) is 0 Å². The van der Waals surface area contributed by atoms with Crippen LogP contribution in [0.25, 0.3) is 0 Å². The van der Waals surface area contributed by atoms with Crippen LogP contribution in [0.3, 0.4) is 0 Å². The van der Waals surface area contributed by atoms with E-state index in [0.717, 1.165) is 5.57 Å². The Kier molecular flexibility index (Phi) is 3.91. The molecule has 0 aromatic rings. The van der Waals surface area contributed by atoms with E-state index in [4.69, 9.17) is 14.0 Å². The first kappa shape index (κ1) is 14.7. The van der Waals surface area contributed by atoms with Crippen LogP contribution in [-0.4, -0.2) is 48.0 Å². The average Bonchev–Trinajstić information content (AvgIpc) is 2.31. The molecule has 1 aliphatic heterocycles. The Hall–Kier alpha value is -0.655. The van der Waals surface area contributed by atoms with Gasteiger partial charge in [0.2, 0.25) is 0 Å². The van der Waals surface area contributed by atoms with Gasteiger partial charge in [-0.1, -0.05) is 12.2 Å². The normalized spacial score (nSPS) is 35.7. The van der Waals surface area contributed by atoms with Gasteiger partial charge < -0.3 is 24.2 Å². The molecule has 0 spiro atoms. The summed E-state index contributed by atoms with van der Waals surface area (Å²) in [6.07, 6.45) is 4.94. The molecule has 2 N–H and O–H groups in total. The van der Waals surface area contributed by atoms with Gasteiger partial charge in [0.1, 0.15) is 6.10 Å². The van der Waals surface area contributed by atoms with Crippen LogP contribution in [0.15, 0.2) is 23.8 Å². The Balaban J connectivity index is 2.22. The molecule has 3 atom stereocenters. The number of fused-ring (bicyclic) bond motifs is 2. The Morgan fingerprint density at radius 2 is 2.26 bits per heavy atom. The summed E-state index contributed by atoms with van der Waals surface area (Å²) in [4.78, 5) is 0. The lowest BCUT2D eigenvalue weighted by Crippen LogP contribution is -2.57. The predicted octanol–water partition coefficient (Wildman–Crippen LogP) is 0.810. The van der Waals surface area contributed by atoms with Crippen molar-refractivity contribution in [3.05, 3.63) is 23.8 Å². The van der Waals surface area contributed by atoms with Gasteiger partial charge in [0.05, 0.1) is 17.3 Å². The molecule has 106 valence electrons. The van der Waals surface area contributed by atoms with Crippen molar-refractivity contribution in [1.82, 2.24) is 0 Å². The number of hydrogen-bond acceptors (Lipinski definition) is 5. The highest BCUT2D eigenvalue weighted by atomic mass is 16.7. The molecule has 1 fully saturated rings. The van der Waals surface area contributed by atoms with Crippen molar-refractivity contribution >= 4 is 7.32 Å². The number of hydrogen-bond donors (Lipinski definition) is 2. The average molecular weight is 268 g/mol. The lowest BCUT2D eigenvalue weighted by Gasteiger charge is -2.45. The molecule has 2 aliphatic rings. The fourth-order valence-electron chi connectivity index (χ4n) is 2.24. The van der Waals surface area contributed by atoms with Gasteiger partial charge in [-0.2, -0.15) is 0 Å². The van der Waals surface area contributed by atoms with Crippen molar-refractivity contribution in [2.75, 3.05) is 7.11 Å². The summed E-state index contributed by atoms with van der Waals surface area (Å²) in [5.74, 6) is 0. The van der Waals surface area contributed by atoms with Gasteiger partial charge in [0.25, 0.3) is 0 Å². The second kappa shape index (κ2) is 5.03. The Morgan fingerprint density at radius 3 is 2.89 bits per heavy atom. The van der Waals surface area contributed by atoms with Crippen LogP contribution in [0.5, 0.6) is 0 Å². The van der Waals surface area contributed by atoms with E-state index in [-0.39, 0.29) is 6.10 Å². The SMILES string of the molecule is COC(C)(C)/C=C/C1=C[C@H](O)[C@@]2(C)C[C@@H]1OB(O)O2. The van der Waals surface area contributed by atoms with Gasteiger partial charge in [-0.3, -0.25) is 0 Å². The first-order valence-corrected chi connectivity index (χ1v) is 6.41. The third kappa shape index (κ3) is 3.09. The molecule has 5 nitrogen and oxygen atoms in total. The first-order valence-electron chi connectivity index (χ1n) is 6.41. The fourth-order valence-corrected chi connectivity index (χ4v) is 2.24. The van der Waals surface area contributed by atoms with Crippen LogP contribution in [0.2, 0.25) is 0 Å². The molecule has 0 radical (unpaired) electrons. The van der Waals surface area contributed by atoms with Gasteiger partial charge >= 0.3 is 7.32 Å². The Labute approximate surface area is 114 Å². The maximum atomic E-state index is 10.1. The summed E-state index contributed by atoms with van der Waals surface area (Å²) in [5, 5.41) is 19.7. The van der Waals surface area contributed by atoms with E-state index in [1.807, 2.05) is 26.0 Å². The molecule has 1 aliphatic carbocycles. The van der Waals surface area contributed by atoms with E-state index in [1.165, 1.54) is 0 Å². The third-order valence-corrected chi connectivity index (χ3v) is 3.79. The second-order valence-corrected chi connectivity index (χ2v) is 5.82. The summed E-state index contributed by atoms with van der Waals surface area (Å²) in [5.41, 5.74) is -0.357. The molecule has 2 bridgehead atoms. The quantitative estimate of drug-likeness (QED) is 0.741. The maximum Gasteiger partial charge on any atom is 0.637 e. The van der Waals surface area contributed by atoms with Gasteiger partial charge in [0.15, 0.2) is 0 Å². The molecule has 1 saturated heterocycles. The summed E-state index contributed by atoms with van der Waals surface area (Å²) in [7, 11) is 0.339. The molecule has 19 heavy (non-hydrogen) atoms. The minimum absolute atomic E-state index is 0.277. The lowest BCUT2D eigenvalue weighted by atomic mass is 9.79. The summed E-state index contributed by atoms with van der Waals surface area (Å²) in [6, 6.07) is 0. The molecule has 1 heterocycles. The Bertz CT molecular complexity index is 406. The standard InChI is InChI=1S/C13H21BO5/c1-12(2,17-4)6-5-9-7-11(15)13(3)8-10(9)18-14(16)19-13/h5-7,10-11,15-16H,8H2,1-4H3/b6-5+/t10-,11-,13+/m0/s1. The van der Waals surface area contributed by atoms with E-state index in [0.29, 0.717) is 6.42 Å². The zero-order valence-electron chi connectivity index (χ0n) is 11.8. The van der Waals surface area contributed by atoms with Crippen molar-refractivity contribution < 1.29 is 24.2 Å². The first-order chi connectivity index (χ1) is 8.76. The second-order valence-electron chi connectivity index (χ2n) is 5.82. The third-order valence-electron chi connectivity index (χ3n) is 3.79. The van der Waals surface area contributed by atoms with Crippen molar-refractivity contribution in [3.8, 4) is 0 Å². The number of aliphatic hydroxyl groups is 1. The molecule has 0 aromatic carbocycles. The highest BCUT2D eigenvalue weighted by Gasteiger charge is 2.49. The van der Waals surface area contributed by atoms with Gasteiger partial charge in [-0.15, -0.1) is 0 Å². The predicted molar refractivity (Wildman–Crippen MR) is 71.3 cm³/mol. The number of ether oxygens (including phenoxy) is 1. The minimum atomic E-state index is -1.30. The van der Waals surface area contributed by atoms with Crippen LogP contribution >= 0.6 is 0 Å². The monoisotopic (exact) mass is 268 g/mol. The number of aliphatic hydroxyl groups excluding tert-OH is 1. The zero-order valence-corrected chi connectivity index (χ0v) is 11.8. The van der Waals surface area contributed by atoms with Crippen LogP contribution in [0.1, 0.15) is 27.2 Å². The van der Waals surface area contributed by atoms with E-state index in [9.17, 15) is 10.1 Å². The molecule has 2 rings (SSSR count). The van der Waals surface area contributed by atoms with E-state index >= 15 is 0 Å². The van der Waals surface area contributed by atoms with Crippen molar-refractivity contribution in [1.29, 1.82) is 0 Å². The lowest BCUT2D eigenvalue weighted by molar-refractivity contribution is -0.118. The fraction of sp³-hybridized carbons (Fsp3) is 0.692. The van der Waals surface area contributed by atoms with Crippen LogP contribution in [-0.2, 0) is 14.0 Å². The Morgan fingerprint density at radius 1 is 1.58 bits per heavy atom. The molecular formula is C13H21BO5. The van der Waals surface area contributed by atoms with Gasteiger partial charge in [0, 0.05) is 13.5 Å². The van der Waals surface area contributed by atoms with E-state index in [2.05, 4.69) is 0 Å². The topological polar surface area (TPSA) is 68.2 Å². The highest BCUT2D eigenvalue weighted by Crippen LogP contribution is 2.37. The largest absolute Gasteiger partial charge is 0.637 e. The van der Waals surface area contributed by atoms with Crippen LogP contribution in [0, 0.1) is 0 Å². The van der Waals surface area contributed by atoms with Crippen molar-refractivity contribution in [2.24, 2.45) is 0 Å². The minimum Gasteiger partial charge on any atom is -0.402 e. The van der Waals surface area contributed by atoms with Crippen LogP contribution in [0.4, 0.5) is 0 Å². The number of rotatable bonds is 3. The van der Waals surface area contributed by atoms with Gasteiger partial charge in [-0.05, 0) is 32.4 Å². The number of methoxy groups -OCH3 is 1. The van der Waals surface area contributed by atoms with Crippen LogP contribution < -0.4 is 0 Å². The molecule has 0 saturated carbocycles. The summed E-state index contributed by atoms with van der Waals surface area (Å²) < 4.78 is 15.9. The molecule has 6 heteroatoms. The maximum absolute atomic E-state index is 10.1. The molecule has 0 unspecified atom stereocenters. The molecular weight excluding hydrogens is 247 g/mol. The molecule has 0 aromatic heterocycles. The smallest absolute Gasteiger partial charge is 0.402 e. The highest BCUT2D eigenvalue weighted by molar-refractivity contribution is 6.35. The summed E-state index contributed by atoms with van der Waals surface area (Å²) in [6.45, 7) is 5.65. The van der Waals surface area contributed by atoms with Crippen molar-refractivity contribution in [3.63, 3.8) is 0 Å². The molecule has 0 amide bonds.